The van der Waals surface area contributed by atoms with Crippen molar-refractivity contribution in [3.05, 3.63) is 0 Å². The molecule has 0 bridgehead atoms. The summed E-state index contributed by atoms with van der Waals surface area (Å²) >= 11 is 0. The van der Waals surface area contributed by atoms with Gasteiger partial charge in [-0.25, -0.2) is 0 Å². The second-order valence-corrected chi connectivity index (χ2v) is 0. The molecule has 0 nitrogen and oxygen atoms in total. The van der Waals surface area contributed by atoms with Crippen LogP contribution in [0.5, 0.6) is 0 Å². The standard InChI is InChI=1S/2Lu.3Se/q2*+3;3*-2. The third-order valence-corrected chi connectivity index (χ3v) is 0. The molecule has 0 fully saturated rings. The van der Waals surface area contributed by atoms with E-state index in [0.717, 1.165) is 0 Å². The first-order valence-electron chi connectivity index (χ1n) is 0. The van der Waals surface area contributed by atoms with Crippen molar-refractivity contribution in [3.63, 3.8) is 0 Å². The maximum absolute atomic E-state index is 0. The minimum atomic E-state index is 0. The predicted molar refractivity (Wildman–Crippen MR) is 17.3 cm³/mol. The fraction of sp³-hybridized carbons (Fsp3) is 0. The van der Waals surface area contributed by atoms with E-state index in [0.29, 0.717) is 0 Å². The van der Waals surface area contributed by atoms with E-state index < -0.39 is 0 Å². The Morgan fingerprint density at radius 1 is 0.400 bits per heavy atom. The summed E-state index contributed by atoms with van der Waals surface area (Å²) in [7, 11) is 0. The van der Waals surface area contributed by atoms with E-state index in [-0.39, 0.29) is 125 Å². The van der Waals surface area contributed by atoms with E-state index in [1.807, 2.05) is 0 Å². The van der Waals surface area contributed by atoms with Gasteiger partial charge in [0.15, 0.2) is 0 Å². The Labute approximate surface area is 122 Å². The second-order valence-electron chi connectivity index (χ2n) is 0. The first kappa shape index (κ1) is 35.9. The summed E-state index contributed by atoms with van der Waals surface area (Å²) in [6.45, 7) is 0. The summed E-state index contributed by atoms with van der Waals surface area (Å²) in [5.41, 5.74) is 0. The van der Waals surface area contributed by atoms with Crippen LogP contribution in [0.1, 0.15) is 0 Å². The summed E-state index contributed by atoms with van der Waals surface area (Å²) in [5.74, 6) is 0. The van der Waals surface area contributed by atoms with E-state index in [4.69, 9.17) is 0 Å². The Morgan fingerprint density at radius 3 is 0.400 bits per heavy atom. The summed E-state index contributed by atoms with van der Waals surface area (Å²) < 4.78 is 0. The van der Waals surface area contributed by atoms with Gasteiger partial charge in [0, 0.05) is 0 Å². The molecule has 0 aliphatic carbocycles. The average Bonchev–Trinajstić information content (AvgIpc) is 0. The average molecular weight is 587 g/mol. The maximum atomic E-state index is 0. The molecule has 0 radical (unpaired) electrons. The molecule has 0 saturated heterocycles. The van der Waals surface area contributed by atoms with Gasteiger partial charge < -0.3 is 51.2 Å². The van der Waals surface area contributed by atoms with Gasteiger partial charge in [-0.2, -0.15) is 0 Å². The Morgan fingerprint density at radius 2 is 0.400 bits per heavy atom. The quantitative estimate of drug-likeness (QED) is 0.315. The van der Waals surface area contributed by atoms with E-state index in [9.17, 15) is 0 Å². The zero-order valence-electron chi connectivity index (χ0n) is 1.74. The van der Waals surface area contributed by atoms with E-state index in [2.05, 4.69) is 0 Å². The smallest absolute Gasteiger partial charge is 2.00 e. The Balaban J connectivity index is 0. The van der Waals surface area contributed by atoms with E-state index in [1.54, 1.807) is 0 Å². The molecule has 0 aromatic carbocycles. The minimum Gasteiger partial charge on any atom is -2.00 e. The van der Waals surface area contributed by atoms with Crippen molar-refractivity contribution in [1.82, 2.24) is 0 Å². The Kier molecular flexibility index (Phi) is 175. The van der Waals surface area contributed by atoms with Gasteiger partial charge >= 0.3 is 73.7 Å². The summed E-state index contributed by atoms with van der Waals surface area (Å²) in [6.07, 6.45) is 0. The van der Waals surface area contributed by atoms with E-state index >= 15 is 0 Å². The zero-order chi connectivity index (χ0) is 0. The molecule has 0 N–H and O–H groups in total. The van der Waals surface area contributed by atoms with Crippen LogP contribution >= 0.6 is 0 Å². The molecular formula is Lu2Se3. The predicted octanol–water partition coefficient (Wildman–Crippen LogP) is -1.14. The molecule has 0 aliphatic heterocycles. The van der Waals surface area contributed by atoms with Gasteiger partial charge in [0.1, 0.15) is 0 Å². The monoisotopic (exact) mass is 590 g/mol. The molecule has 0 aromatic rings. The molecular weight excluding hydrogens is 587 g/mol. The van der Waals surface area contributed by atoms with Crippen molar-refractivity contribution in [2.75, 3.05) is 0 Å². The van der Waals surface area contributed by atoms with Crippen molar-refractivity contribution in [3.8, 4) is 0 Å². The van der Waals surface area contributed by atoms with Crippen molar-refractivity contribution in [2.24, 2.45) is 0 Å². The van der Waals surface area contributed by atoms with Crippen LogP contribution in [0.4, 0.5) is 0 Å². The van der Waals surface area contributed by atoms with Crippen molar-refractivity contribution in [1.29, 1.82) is 0 Å². The van der Waals surface area contributed by atoms with Crippen molar-refractivity contribution in [2.45, 2.75) is 0 Å². The molecule has 0 amide bonds. The van der Waals surface area contributed by atoms with Gasteiger partial charge in [0.05, 0.1) is 0 Å². The van der Waals surface area contributed by atoms with Crippen LogP contribution in [0.15, 0.2) is 0 Å². The SMILES string of the molecule is [Lu+3].[Lu+3].[Se-2].[Se-2].[Se-2]. The van der Waals surface area contributed by atoms with Gasteiger partial charge in [0.2, 0.25) is 0 Å². The van der Waals surface area contributed by atoms with Gasteiger partial charge in [-0.15, -0.1) is 0 Å². The van der Waals surface area contributed by atoms with Crippen LogP contribution in [0.2, 0.25) is 0 Å². The Bertz CT molecular complexity index is 4.85. The third kappa shape index (κ3) is 18.0. The fourth-order valence-electron chi connectivity index (χ4n) is 0. The molecule has 0 unspecified atom stereocenters. The number of hydrogen-bond donors (Lipinski definition) is 0. The largest absolute Gasteiger partial charge is 3.00 e. The molecule has 5 heteroatoms. The Hall–Kier alpha value is 4.03. The molecule has 48 valence electrons. The van der Waals surface area contributed by atoms with E-state index in [1.165, 1.54) is 0 Å². The van der Waals surface area contributed by atoms with Crippen LogP contribution < -0.4 is 0 Å². The minimum absolute atomic E-state index is 0. The molecule has 0 rings (SSSR count). The first-order valence-corrected chi connectivity index (χ1v) is 0. The summed E-state index contributed by atoms with van der Waals surface area (Å²) in [6, 6.07) is 0. The van der Waals surface area contributed by atoms with Crippen LogP contribution in [-0.4, -0.2) is 51.2 Å². The molecule has 0 aliphatic rings. The summed E-state index contributed by atoms with van der Waals surface area (Å²) in [5, 5.41) is 0. The second kappa shape index (κ2) is 24.4. The number of hydrogen-bond acceptors (Lipinski definition) is 0. The van der Waals surface area contributed by atoms with Gasteiger partial charge in [-0.05, 0) is 0 Å². The van der Waals surface area contributed by atoms with Crippen LogP contribution in [0.25, 0.3) is 0 Å². The molecule has 0 heterocycles. The van der Waals surface area contributed by atoms with Gasteiger partial charge in [0.25, 0.3) is 0 Å². The number of rotatable bonds is 0. The van der Waals surface area contributed by atoms with Crippen molar-refractivity contribution < 1.29 is 73.7 Å². The van der Waals surface area contributed by atoms with Crippen LogP contribution in [0.3, 0.4) is 0 Å². The topological polar surface area (TPSA) is 0 Å². The summed E-state index contributed by atoms with van der Waals surface area (Å²) in [4.78, 5) is 0. The maximum Gasteiger partial charge on any atom is 3.00 e. The fourth-order valence-corrected chi connectivity index (χ4v) is 0. The molecule has 0 saturated carbocycles. The molecule has 5 heavy (non-hydrogen) atoms. The van der Waals surface area contributed by atoms with Gasteiger partial charge in [-0.3, -0.25) is 0 Å². The van der Waals surface area contributed by atoms with Crippen LogP contribution in [0, 0.1) is 73.7 Å². The van der Waals surface area contributed by atoms with Crippen molar-refractivity contribution >= 4 is 51.2 Å². The first-order chi connectivity index (χ1) is 0. The van der Waals surface area contributed by atoms with Gasteiger partial charge in [-0.1, -0.05) is 0 Å². The third-order valence-electron chi connectivity index (χ3n) is 0. The normalized spacial score (nSPS) is 0. The zero-order valence-corrected chi connectivity index (χ0v) is 10.2. The molecule has 0 atom stereocenters. The van der Waals surface area contributed by atoms with Crippen LogP contribution in [-0.2, 0) is 0 Å². The molecule has 0 aromatic heterocycles. The molecule has 0 spiro atoms.